The lowest BCUT2D eigenvalue weighted by Gasteiger charge is -2.09. The summed E-state index contributed by atoms with van der Waals surface area (Å²) in [6.45, 7) is 2.20. The van der Waals surface area contributed by atoms with Crippen LogP contribution in [0.15, 0.2) is 30.5 Å². The van der Waals surface area contributed by atoms with Crippen LogP contribution in [0.25, 0.3) is 10.9 Å². The van der Waals surface area contributed by atoms with Crippen molar-refractivity contribution in [2.45, 2.75) is 45.1 Å². The zero-order valence-corrected chi connectivity index (χ0v) is 10.4. The van der Waals surface area contributed by atoms with Gasteiger partial charge in [0, 0.05) is 22.7 Å². The molecule has 0 bridgehead atoms. The van der Waals surface area contributed by atoms with Crippen LogP contribution < -0.4 is 0 Å². The number of unbranched alkanes of at least 4 members (excludes halogenated alkanes) is 3. The highest BCUT2D eigenvalue weighted by Gasteiger charge is 2.11. The van der Waals surface area contributed by atoms with Crippen molar-refractivity contribution in [1.29, 1.82) is 0 Å². The van der Waals surface area contributed by atoms with E-state index in [2.05, 4.69) is 18.0 Å². The van der Waals surface area contributed by atoms with E-state index >= 15 is 0 Å². The minimum absolute atomic E-state index is 0.331. The summed E-state index contributed by atoms with van der Waals surface area (Å²) >= 11 is 0. The van der Waals surface area contributed by atoms with E-state index in [1.807, 2.05) is 24.4 Å². The van der Waals surface area contributed by atoms with Gasteiger partial charge in [-0.1, -0.05) is 50.8 Å². The number of rotatable bonds is 6. The Bertz CT molecular complexity index is 461. The van der Waals surface area contributed by atoms with Crippen molar-refractivity contribution in [3.8, 4) is 0 Å². The highest BCUT2D eigenvalue weighted by molar-refractivity contribution is 5.83. The Labute approximate surface area is 103 Å². The SMILES string of the molecule is CCCCCCC(O)c1c[nH]c2ccccc12. The van der Waals surface area contributed by atoms with Crippen LogP contribution in [0.3, 0.4) is 0 Å². The summed E-state index contributed by atoms with van der Waals surface area (Å²) in [5, 5.41) is 11.3. The molecule has 1 atom stereocenters. The summed E-state index contributed by atoms with van der Waals surface area (Å²) in [7, 11) is 0. The van der Waals surface area contributed by atoms with Crippen molar-refractivity contribution in [2.24, 2.45) is 0 Å². The average molecular weight is 231 g/mol. The van der Waals surface area contributed by atoms with Crippen LogP contribution in [0.5, 0.6) is 0 Å². The Kier molecular flexibility index (Phi) is 4.21. The number of aliphatic hydroxyl groups is 1. The predicted octanol–water partition coefficient (Wildman–Crippen LogP) is 4.17. The van der Waals surface area contributed by atoms with Crippen LogP contribution in [0, 0.1) is 0 Å². The Morgan fingerprint density at radius 1 is 1.18 bits per heavy atom. The molecule has 17 heavy (non-hydrogen) atoms. The van der Waals surface area contributed by atoms with Crippen molar-refractivity contribution in [3.05, 3.63) is 36.0 Å². The Balaban J connectivity index is 2.01. The first-order valence-electron chi connectivity index (χ1n) is 6.57. The Hall–Kier alpha value is -1.28. The van der Waals surface area contributed by atoms with Crippen LogP contribution in [-0.4, -0.2) is 10.1 Å². The van der Waals surface area contributed by atoms with Crippen molar-refractivity contribution in [1.82, 2.24) is 4.98 Å². The predicted molar refractivity (Wildman–Crippen MR) is 72.0 cm³/mol. The Morgan fingerprint density at radius 2 is 2.00 bits per heavy atom. The molecule has 0 saturated carbocycles. The molecule has 0 saturated heterocycles. The summed E-state index contributed by atoms with van der Waals surface area (Å²) in [6, 6.07) is 8.14. The van der Waals surface area contributed by atoms with Crippen molar-refractivity contribution in [2.75, 3.05) is 0 Å². The van der Waals surface area contributed by atoms with Crippen LogP contribution in [-0.2, 0) is 0 Å². The summed E-state index contributed by atoms with van der Waals surface area (Å²) in [5.41, 5.74) is 2.15. The number of hydrogen-bond acceptors (Lipinski definition) is 1. The molecule has 2 nitrogen and oxygen atoms in total. The van der Waals surface area contributed by atoms with Crippen molar-refractivity contribution in [3.63, 3.8) is 0 Å². The molecule has 2 aromatic rings. The topological polar surface area (TPSA) is 36.0 Å². The molecule has 2 heteroatoms. The number of benzene rings is 1. The molecule has 0 fully saturated rings. The number of para-hydroxylation sites is 1. The van der Waals surface area contributed by atoms with E-state index in [0.29, 0.717) is 0 Å². The average Bonchev–Trinajstić information content (AvgIpc) is 2.78. The van der Waals surface area contributed by atoms with Crippen molar-refractivity contribution < 1.29 is 5.11 Å². The summed E-state index contributed by atoms with van der Waals surface area (Å²) in [6.07, 6.45) is 7.30. The normalized spacial score (nSPS) is 13.1. The molecule has 0 spiro atoms. The standard InChI is InChI=1S/C15H21NO/c1-2-3-4-5-10-15(17)13-11-16-14-9-7-6-8-12(13)14/h6-9,11,15-17H,2-5,10H2,1H3. The fourth-order valence-electron chi connectivity index (χ4n) is 2.29. The molecule has 1 aromatic carbocycles. The van der Waals surface area contributed by atoms with Gasteiger partial charge in [-0.2, -0.15) is 0 Å². The van der Waals surface area contributed by atoms with Crippen LogP contribution in [0.2, 0.25) is 0 Å². The molecule has 0 radical (unpaired) electrons. The van der Waals surface area contributed by atoms with E-state index in [0.717, 1.165) is 29.3 Å². The molecular weight excluding hydrogens is 210 g/mol. The number of nitrogens with one attached hydrogen (secondary N) is 1. The van der Waals surface area contributed by atoms with E-state index in [1.54, 1.807) is 0 Å². The highest BCUT2D eigenvalue weighted by Crippen LogP contribution is 2.27. The van der Waals surface area contributed by atoms with E-state index in [4.69, 9.17) is 0 Å². The summed E-state index contributed by atoms with van der Waals surface area (Å²) < 4.78 is 0. The van der Waals surface area contributed by atoms with Gasteiger partial charge >= 0.3 is 0 Å². The smallest absolute Gasteiger partial charge is 0.0810 e. The van der Waals surface area contributed by atoms with E-state index in [-0.39, 0.29) is 6.10 Å². The molecule has 2 rings (SSSR count). The van der Waals surface area contributed by atoms with E-state index in [1.165, 1.54) is 19.3 Å². The van der Waals surface area contributed by atoms with E-state index in [9.17, 15) is 5.11 Å². The third-order valence-corrected chi connectivity index (χ3v) is 3.31. The van der Waals surface area contributed by atoms with Gasteiger partial charge in [0.25, 0.3) is 0 Å². The number of aromatic nitrogens is 1. The first-order valence-corrected chi connectivity index (χ1v) is 6.57. The quantitative estimate of drug-likeness (QED) is 0.719. The second-order valence-electron chi connectivity index (χ2n) is 4.65. The molecule has 1 heterocycles. The number of H-pyrrole nitrogens is 1. The Morgan fingerprint density at radius 3 is 2.82 bits per heavy atom. The lowest BCUT2D eigenvalue weighted by molar-refractivity contribution is 0.165. The monoisotopic (exact) mass is 231 g/mol. The zero-order valence-electron chi connectivity index (χ0n) is 10.4. The largest absolute Gasteiger partial charge is 0.388 e. The van der Waals surface area contributed by atoms with Gasteiger partial charge in [0.15, 0.2) is 0 Å². The number of aromatic amines is 1. The highest BCUT2D eigenvalue weighted by atomic mass is 16.3. The molecule has 1 unspecified atom stereocenters. The van der Waals surface area contributed by atoms with Gasteiger partial charge < -0.3 is 10.1 Å². The molecule has 0 aliphatic heterocycles. The minimum atomic E-state index is -0.331. The molecule has 0 aliphatic rings. The second-order valence-corrected chi connectivity index (χ2v) is 4.65. The maximum atomic E-state index is 10.2. The van der Waals surface area contributed by atoms with Gasteiger partial charge in [-0.05, 0) is 12.5 Å². The van der Waals surface area contributed by atoms with Gasteiger partial charge in [0.1, 0.15) is 0 Å². The number of aliphatic hydroxyl groups excluding tert-OH is 1. The summed E-state index contributed by atoms with van der Waals surface area (Å²) in [4.78, 5) is 3.21. The summed E-state index contributed by atoms with van der Waals surface area (Å²) in [5.74, 6) is 0. The van der Waals surface area contributed by atoms with Gasteiger partial charge in [-0.3, -0.25) is 0 Å². The maximum Gasteiger partial charge on any atom is 0.0810 e. The lowest BCUT2D eigenvalue weighted by Crippen LogP contribution is -1.96. The molecule has 92 valence electrons. The molecular formula is C15H21NO. The third-order valence-electron chi connectivity index (χ3n) is 3.31. The first kappa shape index (κ1) is 12.2. The molecule has 0 aliphatic carbocycles. The number of hydrogen-bond donors (Lipinski definition) is 2. The maximum absolute atomic E-state index is 10.2. The second kappa shape index (κ2) is 5.87. The van der Waals surface area contributed by atoms with Gasteiger partial charge in [0.2, 0.25) is 0 Å². The first-order chi connectivity index (χ1) is 8.33. The lowest BCUT2D eigenvalue weighted by atomic mass is 10.0. The molecule has 2 N–H and O–H groups in total. The van der Waals surface area contributed by atoms with Crippen LogP contribution in [0.4, 0.5) is 0 Å². The fourth-order valence-corrected chi connectivity index (χ4v) is 2.29. The van der Waals surface area contributed by atoms with Crippen LogP contribution >= 0.6 is 0 Å². The minimum Gasteiger partial charge on any atom is -0.388 e. The van der Waals surface area contributed by atoms with Gasteiger partial charge in [0.05, 0.1) is 6.10 Å². The van der Waals surface area contributed by atoms with Gasteiger partial charge in [-0.25, -0.2) is 0 Å². The van der Waals surface area contributed by atoms with Crippen LogP contribution in [0.1, 0.15) is 50.7 Å². The van der Waals surface area contributed by atoms with E-state index < -0.39 is 0 Å². The molecule has 1 aromatic heterocycles. The number of fused-ring (bicyclic) bond motifs is 1. The van der Waals surface area contributed by atoms with Gasteiger partial charge in [-0.15, -0.1) is 0 Å². The van der Waals surface area contributed by atoms with Crippen molar-refractivity contribution >= 4 is 10.9 Å². The fraction of sp³-hybridized carbons (Fsp3) is 0.467. The molecule has 0 amide bonds. The zero-order chi connectivity index (χ0) is 12.1. The third kappa shape index (κ3) is 2.89.